The van der Waals surface area contributed by atoms with E-state index in [1.54, 1.807) is 29.2 Å². The summed E-state index contributed by atoms with van der Waals surface area (Å²) in [6.07, 6.45) is 2.41. The Morgan fingerprint density at radius 1 is 1.40 bits per heavy atom. The molecule has 1 aliphatic heterocycles. The summed E-state index contributed by atoms with van der Waals surface area (Å²) in [5, 5.41) is 12.4. The van der Waals surface area contributed by atoms with Crippen LogP contribution in [-0.2, 0) is 9.59 Å². The van der Waals surface area contributed by atoms with Gasteiger partial charge in [0.2, 0.25) is 5.91 Å². The summed E-state index contributed by atoms with van der Waals surface area (Å²) < 4.78 is 0. The molecule has 2 N–H and O–H groups in total. The van der Waals surface area contributed by atoms with Crippen molar-refractivity contribution in [3.05, 3.63) is 29.3 Å². The third kappa shape index (κ3) is 3.95. The van der Waals surface area contributed by atoms with E-state index in [2.05, 4.69) is 5.32 Å². The molecule has 108 valence electrons. The van der Waals surface area contributed by atoms with E-state index in [0.717, 1.165) is 12.8 Å². The van der Waals surface area contributed by atoms with Crippen LogP contribution in [0.2, 0.25) is 5.02 Å². The molecule has 20 heavy (non-hydrogen) atoms. The molecule has 0 radical (unpaired) electrons. The normalized spacial score (nSPS) is 19.6. The molecule has 1 saturated heterocycles. The number of hydrogen-bond acceptors (Lipinski definition) is 3. The van der Waals surface area contributed by atoms with Gasteiger partial charge in [0.15, 0.2) is 0 Å². The number of hydrogen-bond donors (Lipinski definition) is 2. The zero-order valence-corrected chi connectivity index (χ0v) is 11.8. The maximum Gasteiger partial charge on any atom is 0.320 e. The lowest BCUT2D eigenvalue weighted by molar-refractivity contribution is -0.145. The second kappa shape index (κ2) is 6.72. The Hall–Kier alpha value is -1.59. The van der Waals surface area contributed by atoms with Crippen LogP contribution in [0, 0.1) is 0 Å². The fourth-order valence-electron chi connectivity index (χ4n) is 2.41. The molecule has 1 aromatic carbocycles. The zero-order valence-electron chi connectivity index (χ0n) is 11.0. The van der Waals surface area contributed by atoms with E-state index in [0.29, 0.717) is 23.7 Å². The molecule has 1 aromatic rings. The van der Waals surface area contributed by atoms with E-state index in [-0.39, 0.29) is 12.5 Å². The molecule has 0 bridgehead atoms. The van der Waals surface area contributed by atoms with Crippen molar-refractivity contribution < 1.29 is 14.7 Å². The number of carbonyl (C=O) groups is 2. The van der Waals surface area contributed by atoms with Gasteiger partial charge >= 0.3 is 5.97 Å². The molecule has 0 aliphatic carbocycles. The monoisotopic (exact) mass is 296 g/mol. The number of nitrogens with one attached hydrogen (secondary N) is 1. The van der Waals surface area contributed by atoms with Crippen LogP contribution in [0.15, 0.2) is 24.3 Å². The maximum atomic E-state index is 12.0. The van der Waals surface area contributed by atoms with Crippen molar-refractivity contribution in [3.63, 3.8) is 0 Å². The molecule has 1 atom stereocenters. The second-order valence-electron chi connectivity index (χ2n) is 4.88. The fraction of sp³-hybridized carbons (Fsp3) is 0.429. The van der Waals surface area contributed by atoms with Crippen LogP contribution in [0.4, 0.5) is 5.69 Å². The summed E-state index contributed by atoms with van der Waals surface area (Å²) in [4.78, 5) is 24.8. The number of amides is 1. The number of piperidine rings is 1. The highest BCUT2D eigenvalue weighted by molar-refractivity contribution is 6.30. The second-order valence-corrected chi connectivity index (χ2v) is 5.32. The van der Waals surface area contributed by atoms with Gasteiger partial charge in [0.1, 0.15) is 6.04 Å². The zero-order chi connectivity index (χ0) is 14.5. The molecule has 1 heterocycles. The third-order valence-corrected chi connectivity index (χ3v) is 3.59. The molecule has 0 aromatic heterocycles. The molecular formula is C14H17ClN2O3. The predicted octanol–water partition coefficient (Wildman–Crippen LogP) is 2.22. The number of nitrogens with zero attached hydrogens (tertiary/aromatic N) is 1. The first kappa shape index (κ1) is 14.8. The SMILES string of the molecule is O=C(CN1CCCCC1C(=O)O)Nc1cccc(Cl)c1. The summed E-state index contributed by atoms with van der Waals surface area (Å²) in [7, 11) is 0. The van der Waals surface area contributed by atoms with E-state index in [1.807, 2.05) is 0 Å². The van der Waals surface area contributed by atoms with Gasteiger partial charge < -0.3 is 10.4 Å². The summed E-state index contributed by atoms with van der Waals surface area (Å²) in [6, 6.07) is 6.31. The number of likely N-dealkylation sites (tertiary alicyclic amines) is 1. The average molecular weight is 297 g/mol. The predicted molar refractivity (Wildman–Crippen MR) is 76.9 cm³/mol. The van der Waals surface area contributed by atoms with Crippen molar-refractivity contribution >= 4 is 29.2 Å². The topological polar surface area (TPSA) is 69.6 Å². The highest BCUT2D eigenvalue weighted by atomic mass is 35.5. The van der Waals surface area contributed by atoms with Crippen LogP contribution in [0.3, 0.4) is 0 Å². The first-order valence-corrected chi connectivity index (χ1v) is 6.96. The summed E-state index contributed by atoms with van der Waals surface area (Å²) in [5.74, 6) is -1.08. The highest BCUT2D eigenvalue weighted by Crippen LogP contribution is 2.18. The fourth-order valence-corrected chi connectivity index (χ4v) is 2.60. The number of aliphatic carboxylic acids is 1. The van der Waals surface area contributed by atoms with Crippen LogP contribution >= 0.6 is 11.6 Å². The number of carboxylic acids is 1. The largest absolute Gasteiger partial charge is 0.480 e. The molecule has 1 unspecified atom stereocenters. The maximum absolute atomic E-state index is 12.0. The van der Waals surface area contributed by atoms with Gasteiger partial charge in [-0.15, -0.1) is 0 Å². The Morgan fingerprint density at radius 2 is 2.20 bits per heavy atom. The van der Waals surface area contributed by atoms with Gasteiger partial charge in [-0.3, -0.25) is 14.5 Å². The lowest BCUT2D eigenvalue weighted by Gasteiger charge is -2.32. The van der Waals surface area contributed by atoms with Crippen molar-refractivity contribution in [2.75, 3.05) is 18.4 Å². The lowest BCUT2D eigenvalue weighted by Crippen LogP contribution is -2.47. The Bertz CT molecular complexity index is 507. The third-order valence-electron chi connectivity index (χ3n) is 3.35. The molecular weight excluding hydrogens is 280 g/mol. The number of carboxylic acid groups (broad SMARTS) is 1. The van der Waals surface area contributed by atoms with Gasteiger partial charge in [-0.1, -0.05) is 24.1 Å². The Balaban J connectivity index is 1.94. The molecule has 1 fully saturated rings. The minimum absolute atomic E-state index is 0.0868. The lowest BCUT2D eigenvalue weighted by atomic mass is 10.0. The van der Waals surface area contributed by atoms with Gasteiger partial charge in [0, 0.05) is 10.7 Å². The van der Waals surface area contributed by atoms with E-state index in [1.165, 1.54) is 0 Å². The van der Waals surface area contributed by atoms with Crippen LogP contribution in [0.5, 0.6) is 0 Å². The molecule has 0 saturated carbocycles. The smallest absolute Gasteiger partial charge is 0.320 e. The molecule has 0 spiro atoms. The number of rotatable bonds is 4. The Morgan fingerprint density at radius 3 is 2.90 bits per heavy atom. The number of carbonyl (C=O) groups excluding carboxylic acids is 1. The highest BCUT2D eigenvalue weighted by Gasteiger charge is 2.29. The van der Waals surface area contributed by atoms with Crippen molar-refractivity contribution in [1.82, 2.24) is 4.90 Å². The number of benzene rings is 1. The van der Waals surface area contributed by atoms with Crippen molar-refractivity contribution in [2.45, 2.75) is 25.3 Å². The Labute approximate surface area is 122 Å². The molecule has 1 amide bonds. The molecule has 2 rings (SSSR count). The van der Waals surface area contributed by atoms with Crippen molar-refractivity contribution in [3.8, 4) is 0 Å². The Kier molecular flexibility index (Phi) is 4.98. The minimum Gasteiger partial charge on any atom is -0.480 e. The molecule has 1 aliphatic rings. The van der Waals surface area contributed by atoms with E-state index < -0.39 is 12.0 Å². The standard InChI is InChI=1S/C14H17ClN2O3/c15-10-4-3-5-11(8-10)16-13(18)9-17-7-2-1-6-12(17)14(19)20/h3-5,8,12H,1-2,6-7,9H2,(H,16,18)(H,19,20). The van der Waals surface area contributed by atoms with Crippen LogP contribution in [0.25, 0.3) is 0 Å². The van der Waals surface area contributed by atoms with E-state index >= 15 is 0 Å². The average Bonchev–Trinajstić information content (AvgIpc) is 2.38. The summed E-state index contributed by atoms with van der Waals surface area (Å²) in [6.45, 7) is 0.726. The first-order valence-electron chi connectivity index (χ1n) is 6.58. The molecule has 6 heteroatoms. The van der Waals surface area contributed by atoms with E-state index in [4.69, 9.17) is 16.7 Å². The van der Waals surface area contributed by atoms with Gasteiger partial charge in [0.25, 0.3) is 0 Å². The minimum atomic E-state index is -0.861. The summed E-state index contributed by atoms with van der Waals surface area (Å²) >= 11 is 5.85. The van der Waals surface area contributed by atoms with Gasteiger partial charge in [0.05, 0.1) is 6.54 Å². The van der Waals surface area contributed by atoms with Gasteiger partial charge in [-0.05, 0) is 37.6 Å². The number of anilines is 1. The summed E-state index contributed by atoms with van der Waals surface area (Å²) in [5.41, 5.74) is 0.617. The van der Waals surface area contributed by atoms with Gasteiger partial charge in [-0.25, -0.2) is 0 Å². The van der Waals surface area contributed by atoms with Crippen LogP contribution in [-0.4, -0.2) is 41.0 Å². The van der Waals surface area contributed by atoms with Gasteiger partial charge in [-0.2, -0.15) is 0 Å². The quantitative estimate of drug-likeness (QED) is 0.894. The molecule has 5 nitrogen and oxygen atoms in total. The van der Waals surface area contributed by atoms with Crippen LogP contribution in [0.1, 0.15) is 19.3 Å². The van der Waals surface area contributed by atoms with E-state index in [9.17, 15) is 9.59 Å². The van der Waals surface area contributed by atoms with Crippen molar-refractivity contribution in [2.24, 2.45) is 0 Å². The van der Waals surface area contributed by atoms with Crippen LogP contribution < -0.4 is 5.32 Å². The van der Waals surface area contributed by atoms with Crippen molar-refractivity contribution in [1.29, 1.82) is 0 Å². The first-order chi connectivity index (χ1) is 9.56. The number of halogens is 1.